The lowest BCUT2D eigenvalue weighted by Crippen LogP contribution is -2.27. The van der Waals surface area contributed by atoms with Crippen molar-refractivity contribution in [2.45, 2.75) is 20.4 Å². The third-order valence-corrected chi connectivity index (χ3v) is 7.20. The predicted octanol–water partition coefficient (Wildman–Crippen LogP) is 6.47. The summed E-state index contributed by atoms with van der Waals surface area (Å²) in [6, 6.07) is 16.5. The number of amides is 2. The topological polar surface area (TPSA) is 83.5 Å². The van der Waals surface area contributed by atoms with Gasteiger partial charge in [0.1, 0.15) is 19.0 Å². The first-order chi connectivity index (χ1) is 18.9. The van der Waals surface area contributed by atoms with Gasteiger partial charge in [0.15, 0.2) is 23.0 Å². The van der Waals surface area contributed by atoms with Crippen LogP contribution in [0.3, 0.4) is 0 Å². The highest BCUT2D eigenvalue weighted by atomic mass is 35.5. The first-order valence-electron chi connectivity index (χ1n) is 12.3. The quantitative estimate of drug-likeness (QED) is 0.204. The second kappa shape index (κ2) is 11.9. The van der Waals surface area contributed by atoms with Crippen LogP contribution in [-0.4, -0.2) is 42.7 Å². The summed E-state index contributed by atoms with van der Waals surface area (Å²) in [5, 5.41) is 0.0158. The molecule has 10 heteroatoms. The number of fused-ring (bicyclic) bond motifs is 1. The van der Waals surface area contributed by atoms with Crippen LogP contribution < -0.4 is 23.7 Å². The van der Waals surface area contributed by atoms with Crippen LogP contribution in [0.1, 0.15) is 23.6 Å². The minimum atomic E-state index is -0.398. The number of carbonyl (C=O) groups excluding carboxylic acids is 2. The van der Waals surface area contributed by atoms with E-state index in [1.165, 1.54) is 5.56 Å². The summed E-state index contributed by atoms with van der Waals surface area (Å²) in [4.78, 5) is 27.3. The zero-order chi connectivity index (χ0) is 27.4. The van der Waals surface area contributed by atoms with Gasteiger partial charge in [-0.25, -0.2) is 0 Å². The Morgan fingerprint density at radius 2 is 1.69 bits per heavy atom. The Bertz CT molecular complexity index is 1420. The first kappa shape index (κ1) is 26.8. The number of benzene rings is 3. The van der Waals surface area contributed by atoms with E-state index < -0.39 is 5.91 Å². The van der Waals surface area contributed by atoms with Crippen LogP contribution in [0.2, 0.25) is 5.02 Å². The molecular formula is C29H26ClNO7S. The summed E-state index contributed by atoms with van der Waals surface area (Å²) < 4.78 is 28.1. The number of thioether (sulfide) groups is 1. The Hall–Kier alpha value is -3.82. The van der Waals surface area contributed by atoms with E-state index in [0.29, 0.717) is 63.9 Å². The average Bonchev–Trinajstić information content (AvgIpc) is 3.48. The van der Waals surface area contributed by atoms with E-state index in [1.807, 2.05) is 38.1 Å². The smallest absolute Gasteiger partial charge is 0.293 e. The third kappa shape index (κ3) is 6.26. The molecule has 0 radical (unpaired) electrons. The Kier molecular flexibility index (Phi) is 8.18. The van der Waals surface area contributed by atoms with Crippen LogP contribution >= 0.6 is 23.4 Å². The standard InChI is InChI=1S/C29H26ClNO7S/c1-3-34-24-12-19(6-9-23(24)36-11-10-35-21-7-4-18(2)5-8-21)13-27-28(32)31(29(33)39-27)16-20-14-25-26(15-22(20)30)38-17-37-25/h4-9,12-15H,3,10-11,16-17H2,1-2H3/b27-13-. The summed E-state index contributed by atoms with van der Waals surface area (Å²) in [5.74, 6) is 2.54. The van der Waals surface area contributed by atoms with E-state index in [0.717, 1.165) is 22.4 Å². The number of imide groups is 1. The lowest BCUT2D eigenvalue weighted by molar-refractivity contribution is -0.123. The highest BCUT2D eigenvalue weighted by Gasteiger charge is 2.35. The van der Waals surface area contributed by atoms with Crippen LogP contribution in [0.25, 0.3) is 6.08 Å². The van der Waals surface area contributed by atoms with Crippen LogP contribution in [0, 0.1) is 6.92 Å². The van der Waals surface area contributed by atoms with Crippen molar-refractivity contribution in [2.24, 2.45) is 0 Å². The fourth-order valence-electron chi connectivity index (χ4n) is 3.99. The Balaban J connectivity index is 1.25. The molecule has 0 aromatic heterocycles. The van der Waals surface area contributed by atoms with E-state index in [-0.39, 0.29) is 18.6 Å². The van der Waals surface area contributed by atoms with Crippen LogP contribution in [0.5, 0.6) is 28.7 Å². The van der Waals surface area contributed by atoms with Gasteiger partial charge < -0.3 is 23.7 Å². The number of halogens is 1. The molecule has 0 N–H and O–H groups in total. The molecule has 0 bridgehead atoms. The Morgan fingerprint density at radius 3 is 2.46 bits per heavy atom. The number of carbonyl (C=O) groups is 2. The van der Waals surface area contributed by atoms with Crippen LogP contribution in [0.15, 0.2) is 59.5 Å². The molecule has 202 valence electrons. The van der Waals surface area contributed by atoms with Crippen molar-refractivity contribution in [3.63, 3.8) is 0 Å². The molecule has 2 aliphatic heterocycles. The van der Waals surface area contributed by atoms with Crippen LogP contribution in [0.4, 0.5) is 4.79 Å². The van der Waals surface area contributed by atoms with Gasteiger partial charge in [0.25, 0.3) is 11.1 Å². The second-order valence-electron chi connectivity index (χ2n) is 8.71. The van der Waals surface area contributed by atoms with Crippen molar-refractivity contribution >= 4 is 40.6 Å². The average molecular weight is 568 g/mol. The number of ether oxygens (including phenoxy) is 5. The molecule has 2 heterocycles. The number of rotatable bonds is 10. The summed E-state index contributed by atoms with van der Waals surface area (Å²) in [7, 11) is 0. The molecular weight excluding hydrogens is 542 g/mol. The normalized spacial score (nSPS) is 15.3. The maximum atomic E-state index is 13.1. The molecule has 8 nitrogen and oxygen atoms in total. The van der Waals surface area contributed by atoms with Gasteiger partial charge in [-0.05, 0) is 73.1 Å². The van der Waals surface area contributed by atoms with Crippen molar-refractivity contribution < 1.29 is 33.3 Å². The number of nitrogens with zero attached hydrogens (tertiary/aromatic N) is 1. The first-order valence-corrected chi connectivity index (χ1v) is 13.5. The van der Waals surface area contributed by atoms with Crippen molar-refractivity contribution in [2.75, 3.05) is 26.6 Å². The van der Waals surface area contributed by atoms with Crippen molar-refractivity contribution in [1.29, 1.82) is 0 Å². The number of hydrogen-bond donors (Lipinski definition) is 0. The van der Waals surface area contributed by atoms with Gasteiger partial charge in [-0.15, -0.1) is 0 Å². The summed E-state index contributed by atoms with van der Waals surface area (Å²) in [6.07, 6.45) is 1.67. The van der Waals surface area contributed by atoms with Gasteiger partial charge in [-0.3, -0.25) is 14.5 Å². The van der Waals surface area contributed by atoms with E-state index in [4.69, 9.17) is 35.3 Å². The summed E-state index contributed by atoms with van der Waals surface area (Å²) in [6.45, 7) is 5.17. The highest BCUT2D eigenvalue weighted by Crippen LogP contribution is 2.40. The molecule has 0 aliphatic carbocycles. The lowest BCUT2D eigenvalue weighted by atomic mass is 10.1. The van der Waals surface area contributed by atoms with Gasteiger partial charge in [-0.2, -0.15) is 0 Å². The number of aryl methyl sites for hydroxylation is 1. The van der Waals surface area contributed by atoms with Gasteiger partial charge >= 0.3 is 0 Å². The van der Waals surface area contributed by atoms with E-state index >= 15 is 0 Å². The fourth-order valence-corrected chi connectivity index (χ4v) is 5.04. The number of hydrogen-bond acceptors (Lipinski definition) is 8. The van der Waals surface area contributed by atoms with Gasteiger partial charge in [-0.1, -0.05) is 35.4 Å². The molecule has 0 saturated carbocycles. The van der Waals surface area contributed by atoms with E-state index in [1.54, 1.807) is 36.4 Å². The van der Waals surface area contributed by atoms with Gasteiger partial charge in [0.2, 0.25) is 6.79 Å². The van der Waals surface area contributed by atoms with E-state index in [2.05, 4.69) is 0 Å². The molecule has 5 rings (SSSR count). The molecule has 1 fully saturated rings. The second-order valence-corrected chi connectivity index (χ2v) is 10.1. The minimum absolute atomic E-state index is 0.0269. The zero-order valence-corrected chi connectivity index (χ0v) is 23.0. The SMILES string of the molecule is CCOc1cc(/C=C2\SC(=O)N(Cc3cc4c(cc3Cl)OCO4)C2=O)ccc1OCCOc1ccc(C)cc1. The molecule has 2 aliphatic rings. The Morgan fingerprint density at radius 1 is 0.949 bits per heavy atom. The molecule has 0 atom stereocenters. The Labute approximate surface area is 235 Å². The zero-order valence-electron chi connectivity index (χ0n) is 21.4. The predicted molar refractivity (Wildman–Crippen MR) is 149 cm³/mol. The van der Waals surface area contributed by atoms with Crippen LogP contribution in [-0.2, 0) is 11.3 Å². The van der Waals surface area contributed by atoms with Crippen molar-refractivity contribution in [3.8, 4) is 28.7 Å². The van der Waals surface area contributed by atoms with Crippen molar-refractivity contribution in [1.82, 2.24) is 4.90 Å². The van der Waals surface area contributed by atoms with E-state index in [9.17, 15) is 9.59 Å². The fraction of sp³-hybridized carbons (Fsp3) is 0.241. The molecule has 0 spiro atoms. The monoisotopic (exact) mass is 567 g/mol. The summed E-state index contributed by atoms with van der Waals surface area (Å²) >= 11 is 7.23. The molecule has 3 aromatic carbocycles. The molecule has 0 unspecified atom stereocenters. The third-order valence-electron chi connectivity index (χ3n) is 5.94. The molecule has 39 heavy (non-hydrogen) atoms. The van der Waals surface area contributed by atoms with Gasteiger partial charge in [0, 0.05) is 11.1 Å². The molecule has 2 amide bonds. The van der Waals surface area contributed by atoms with Crippen molar-refractivity contribution in [3.05, 3.63) is 81.2 Å². The minimum Gasteiger partial charge on any atom is -0.490 e. The molecule has 3 aromatic rings. The maximum Gasteiger partial charge on any atom is 0.293 e. The maximum absolute atomic E-state index is 13.1. The highest BCUT2D eigenvalue weighted by molar-refractivity contribution is 8.18. The van der Waals surface area contributed by atoms with Gasteiger partial charge in [0.05, 0.1) is 18.1 Å². The molecule has 1 saturated heterocycles. The largest absolute Gasteiger partial charge is 0.490 e. The summed E-state index contributed by atoms with van der Waals surface area (Å²) in [5.41, 5.74) is 2.46. The lowest BCUT2D eigenvalue weighted by Gasteiger charge is -2.14.